The fourth-order valence-corrected chi connectivity index (χ4v) is 5.72. The van der Waals surface area contributed by atoms with Gasteiger partial charge in [-0.1, -0.05) is 30.3 Å². The van der Waals surface area contributed by atoms with E-state index in [0.29, 0.717) is 37.4 Å². The number of nitrogens with one attached hydrogen (secondary N) is 2. The summed E-state index contributed by atoms with van der Waals surface area (Å²) in [5.41, 5.74) is 1.02. The van der Waals surface area contributed by atoms with Crippen LogP contribution in [-0.4, -0.2) is 53.5 Å². The summed E-state index contributed by atoms with van der Waals surface area (Å²) in [6.07, 6.45) is 1.98. The minimum Gasteiger partial charge on any atom is -0.481 e. The van der Waals surface area contributed by atoms with Crippen molar-refractivity contribution < 1.29 is 31.9 Å². The van der Waals surface area contributed by atoms with Crippen LogP contribution in [0, 0.1) is 23.3 Å². The normalized spacial score (nSPS) is 16.0. The number of aromatic nitrogens is 1. The molecule has 2 heterocycles. The second-order valence-corrected chi connectivity index (χ2v) is 11.2. The van der Waals surface area contributed by atoms with Crippen molar-refractivity contribution in [3.8, 4) is 5.75 Å². The highest BCUT2D eigenvalue weighted by atomic mass is 19.1. The number of rotatable bonds is 11. The second kappa shape index (κ2) is 15.0. The van der Waals surface area contributed by atoms with E-state index in [1.807, 2.05) is 18.2 Å². The number of pyridine rings is 1. The third-order valence-corrected chi connectivity index (χ3v) is 7.99. The van der Waals surface area contributed by atoms with Gasteiger partial charge >= 0.3 is 0 Å². The molecule has 11 heteroatoms. The van der Waals surface area contributed by atoms with Crippen molar-refractivity contribution >= 4 is 17.5 Å². The summed E-state index contributed by atoms with van der Waals surface area (Å²) in [5, 5.41) is 5.99. The molecule has 0 radical (unpaired) electrons. The molecule has 46 heavy (non-hydrogen) atoms. The number of benzene rings is 3. The molecule has 4 aromatic rings. The van der Waals surface area contributed by atoms with Crippen LogP contribution in [0.15, 0.2) is 85.2 Å². The Balaban J connectivity index is 1.29. The Morgan fingerprint density at radius 1 is 0.957 bits per heavy atom. The van der Waals surface area contributed by atoms with E-state index in [1.165, 1.54) is 30.5 Å². The number of para-hydroxylation sites is 1. The van der Waals surface area contributed by atoms with Crippen LogP contribution in [0.2, 0.25) is 0 Å². The van der Waals surface area contributed by atoms with E-state index in [9.17, 15) is 22.8 Å². The Labute approximate surface area is 264 Å². The van der Waals surface area contributed by atoms with E-state index in [4.69, 9.17) is 4.74 Å². The van der Waals surface area contributed by atoms with Crippen LogP contribution in [0.4, 0.5) is 23.2 Å². The molecule has 0 saturated carbocycles. The molecule has 5 rings (SSSR count). The predicted octanol–water partition coefficient (Wildman–Crippen LogP) is 6.00. The Bertz CT molecular complexity index is 1640. The zero-order valence-electron chi connectivity index (χ0n) is 25.2. The average molecular weight is 635 g/mol. The molecular weight excluding hydrogens is 600 g/mol. The molecule has 240 valence electrons. The van der Waals surface area contributed by atoms with E-state index in [2.05, 4.69) is 15.6 Å². The molecule has 1 aliphatic heterocycles. The number of halogens is 4. The maximum atomic E-state index is 15.2. The van der Waals surface area contributed by atoms with Gasteiger partial charge in [0, 0.05) is 49.6 Å². The first-order valence-corrected chi connectivity index (χ1v) is 15.0. The van der Waals surface area contributed by atoms with Crippen LogP contribution in [0.5, 0.6) is 5.75 Å². The molecule has 3 atom stereocenters. The third-order valence-electron chi connectivity index (χ3n) is 7.99. The lowest BCUT2D eigenvalue weighted by molar-refractivity contribution is -0.141. The van der Waals surface area contributed by atoms with Gasteiger partial charge in [-0.05, 0) is 67.3 Å². The topological polar surface area (TPSA) is 83.6 Å². The van der Waals surface area contributed by atoms with Gasteiger partial charge in [0.1, 0.15) is 29.0 Å². The Kier molecular flexibility index (Phi) is 10.6. The first kappa shape index (κ1) is 32.6. The number of piperazine rings is 1. The molecule has 1 saturated heterocycles. The summed E-state index contributed by atoms with van der Waals surface area (Å²) in [6, 6.07) is 17.1. The minimum atomic E-state index is -0.816. The van der Waals surface area contributed by atoms with Crippen LogP contribution < -0.4 is 15.4 Å². The van der Waals surface area contributed by atoms with Crippen molar-refractivity contribution in [1.29, 1.82) is 0 Å². The molecule has 0 spiro atoms. The van der Waals surface area contributed by atoms with Crippen LogP contribution >= 0.6 is 0 Å². The zero-order valence-corrected chi connectivity index (χ0v) is 25.2. The molecule has 0 bridgehead atoms. The molecule has 7 nitrogen and oxygen atoms in total. The monoisotopic (exact) mass is 634 g/mol. The number of hydrogen-bond donors (Lipinski definition) is 2. The standard InChI is InChI=1S/C35H34F4N4O3/c1-22(46-29-5-3-2-4-6-29)35(45)43-14-13-40-19-28(43)11-12-30-32(39)20-41-21-33(30)42-34(44)18-31(23-7-9-25(36)10-8-23)24-15-26(37)17-27(38)16-24/h2-10,15-17,20-22,28,31,40H,11-14,18-19H2,1H3,(H,42,44)/t22?,28-,31?/m0/s1. The van der Waals surface area contributed by atoms with Crippen molar-refractivity contribution in [3.63, 3.8) is 0 Å². The molecule has 2 unspecified atom stereocenters. The van der Waals surface area contributed by atoms with Crippen LogP contribution in [-0.2, 0) is 16.0 Å². The summed E-state index contributed by atoms with van der Waals surface area (Å²) >= 11 is 0. The van der Waals surface area contributed by atoms with Crippen LogP contribution in [0.1, 0.15) is 42.4 Å². The van der Waals surface area contributed by atoms with Crippen molar-refractivity contribution in [2.24, 2.45) is 0 Å². The molecule has 1 aliphatic rings. The van der Waals surface area contributed by atoms with Gasteiger partial charge in [0.25, 0.3) is 5.91 Å². The maximum Gasteiger partial charge on any atom is 0.263 e. The van der Waals surface area contributed by atoms with Crippen molar-refractivity contribution in [2.45, 2.75) is 44.2 Å². The molecule has 3 aromatic carbocycles. The van der Waals surface area contributed by atoms with Gasteiger partial charge in [0.05, 0.1) is 18.1 Å². The second-order valence-electron chi connectivity index (χ2n) is 11.2. The molecule has 2 N–H and O–H groups in total. The molecule has 0 aliphatic carbocycles. The third kappa shape index (κ3) is 8.28. The Morgan fingerprint density at radius 3 is 2.39 bits per heavy atom. The van der Waals surface area contributed by atoms with E-state index >= 15 is 4.39 Å². The number of ether oxygens (including phenoxy) is 1. The number of carbonyl (C=O) groups is 2. The molecule has 1 aromatic heterocycles. The van der Waals surface area contributed by atoms with Crippen LogP contribution in [0.3, 0.4) is 0 Å². The maximum absolute atomic E-state index is 15.2. The van der Waals surface area contributed by atoms with E-state index in [1.54, 1.807) is 24.0 Å². The summed E-state index contributed by atoms with van der Waals surface area (Å²) in [6.45, 7) is 3.26. The quantitative estimate of drug-likeness (QED) is 0.198. The molecule has 1 fully saturated rings. The summed E-state index contributed by atoms with van der Waals surface area (Å²) < 4.78 is 62.9. The molecule has 2 amide bonds. The fraction of sp³-hybridized carbons (Fsp3) is 0.286. The number of amides is 2. The fourth-order valence-electron chi connectivity index (χ4n) is 5.72. The lowest BCUT2D eigenvalue weighted by Gasteiger charge is -2.37. The Hall–Kier alpha value is -4.77. The van der Waals surface area contributed by atoms with Gasteiger partial charge in [0.15, 0.2) is 6.10 Å². The number of hydrogen-bond acceptors (Lipinski definition) is 5. The van der Waals surface area contributed by atoms with Gasteiger partial charge in [-0.2, -0.15) is 0 Å². The predicted molar refractivity (Wildman–Crippen MR) is 165 cm³/mol. The highest BCUT2D eigenvalue weighted by molar-refractivity contribution is 5.92. The largest absolute Gasteiger partial charge is 0.481 e. The molecular formula is C35H34F4N4O3. The number of anilines is 1. The van der Waals surface area contributed by atoms with Crippen molar-refractivity contribution in [2.75, 3.05) is 25.0 Å². The minimum absolute atomic E-state index is 0.149. The van der Waals surface area contributed by atoms with E-state index in [0.717, 1.165) is 24.4 Å². The van der Waals surface area contributed by atoms with Crippen LogP contribution in [0.25, 0.3) is 0 Å². The van der Waals surface area contributed by atoms with E-state index in [-0.39, 0.29) is 41.6 Å². The van der Waals surface area contributed by atoms with Crippen molar-refractivity contribution in [3.05, 3.63) is 125 Å². The van der Waals surface area contributed by atoms with Gasteiger partial charge < -0.3 is 20.3 Å². The highest BCUT2D eigenvalue weighted by Crippen LogP contribution is 2.31. The van der Waals surface area contributed by atoms with Gasteiger partial charge in [-0.3, -0.25) is 14.6 Å². The van der Waals surface area contributed by atoms with Gasteiger partial charge in [0.2, 0.25) is 5.91 Å². The van der Waals surface area contributed by atoms with E-state index < -0.39 is 41.2 Å². The number of carbonyl (C=O) groups excluding carboxylic acids is 2. The summed E-state index contributed by atoms with van der Waals surface area (Å²) in [4.78, 5) is 32.4. The summed E-state index contributed by atoms with van der Waals surface area (Å²) in [5.74, 6) is -3.73. The first-order valence-electron chi connectivity index (χ1n) is 15.0. The van der Waals surface area contributed by atoms with Gasteiger partial charge in [-0.25, -0.2) is 17.6 Å². The average Bonchev–Trinajstić information content (AvgIpc) is 3.03. The lowest BCUT2D eigenvalue weighted by Crippen LogP contribution is -2.56. The lowest BCUT2D eigenvalue weighted by atomic mass is 9.88. The van der Waals surface area contributed by atoms with Gasteiger partial charge in [-0.15, -0.1) is 0 Å². The Morgan fingerprint density at radius 2 is 1.67 bits per heavy atom. The van der Waals surface area contributed by atoms with Crippen molar-refractivity contribution in [1.82, 2.24) is 15.2 Å². The summed E-state index contributed by atoms with van der Waals surface area (Å²) in [7, 11) is 0. The smallest absolute Gasteiger partial charge is 0.263 e. The SMILES string of the molecule is CC(Oc1ccccc1)C(=O)N1CCNC[C@@H]1CCc1c(F)cncc1NC(=O)CC(c1ccc(F)cc1)c1cc(F)cc(F)c1. The first-order chi connectivity index (χ1) is 22.2. The zero-order chi connectivity index (χ0) is 32.6. The number of nitrogens with zero attached hydrogens (tertiary/aromatic N) is 2. The highest BCUT2D eigenvalue weighted by Gasteiger charge is 2.31.